The summed E-state index contributed by atoms with van der Waals surface area (Å²) >= 11 is 6.20. The Balaban J connectivity index is 1.81. The number of likely N-dealkylation sites (tertiary alicyclic amines) is 1. The van der Waals surface area contributed by atoms with Gasteiger partial charge in [0.25, 0.3) is 5.56 Å². The minimum absolute atomic E-state index is 0.0964. The van der Waals surface area contributed by atoms with Crippen LogP contribution in [0.3, 0.4) is 0 Å². The van der Waals surface area contributed by atoms with E-state index in [9.17, 15) is 14.4 Å². The average Bonchev–Trinajstić information content (AvgIpc) is 3.13. The Morgan fingerprint density at radius 3 is 2.63 bits per heavy atom. The van der Waals surface area contributed by atoms with Crippen LogP contribution < -0.4 is 11.2 Å². The van der Waals surface area contributed by atoms with Gasteiger partial charge in [0.15, 0.2) is 0 Å². The van der Waals surface area contributed by atoms with Crippen LogP contribution in [0.5, 0.6) is 0 Å². The summed E-state index contributed by atoms with van der Waals surface area (Å²) in [6, 6.07) is 12.7. The normalized spacial score (nSPS) is 16.3. The molecule has 1 fully saturated rings. The summed E-state index contributed by atoms with van der Waals surface area (Å²) in [4.78, 5) is 43.2. The Hall–Kier alpha value is -3.32. The van der Waals surface area contributed by atoms with E-state index in [-0.39, 0.29) is 18.5 Å². The molecule has 1 amide bonds. The van der Waals surface area contributed by atoms with Gasteiger partial charge < -0.3 is 9.47 Å². The van der Waals surface area contributed by atoms with E-state index in [1.807, 2.05) is 41.6 Å². The van der Waals surface area contributed by atoms with E-state index in [1.165, 1.54) is 4.57 Å². The topological polar surface area (TPSA) is 69.2 Å². The summed E-state index contributed by atoms with van der Waals surface area (Å²) in [5, 5.41) is 1.21. The lowest BCUT2D eigenvalue weighted by Crippen LogP contribution is -2.47. The predicted molar refractivity (Wildman–Crippen MR) is 140 cm³/mol. The third-order valence-corrected chi connectivity index (χ3v) is 7.44. The molecule has 0 unspecified atom stereocenters. The van der Waals surface area contributed by atoms with Gasteiger partial charge in [-0.1, -0.05) is 36.2 Å². The Morgan fingerprint density at radius 1 is 1.09 bits per heavy atom. The summed E-state index contributed by atoms with van der Waals surface area (Å²) in [7, 11) is 1.82. The SMILES string of the molecule is CC[C@@H]1CCCCN1C(=O)Cn1c(=O)n(-c2cccc(Cl)c2)c(=O)c2c1c1cc(C)ccc1n2C. The molecule has 0 bridgehead atoms. The second-order valence-corrected chi connectivity index (χ2v) is 9.85. The van der Waals surface area contributed by atoms with Crippen LogP contribution in [0, 0.1) is 6.92 Å². The first-order chi connectivity index (χ1) is 16.8. The molecule has 0 spiro atoms. The number of piperidine rings is 1. The van der Waals surface area contributed by atoms with Gasteiger partial charge in [-0.25, -0.2) is 9.36 Å². The molecular weight excluding hydrogens is 464 g/mol. The number of halogens is 1. The zero-order valence-electron chi connectivity index (χ0n) is 20.3. The molecule has 35 heavy (non-hydrogen) atoms. The number of hydrogen-bond acceptors (Lipinski definition) is 3. The smallest absolute Gasteiger partial charge is 0.336 e. The third-order valence-electron chi connectivity index (χ3n) is 7.20. The second-order valence-electron chi connectivity index (χ2n) is 9.41. The third kappa shape index (κ3) is 3.88. The van der Waals surface area contributed by atoms with E-state index in [2.05, 4.69) is 6.92 Å². The Morgan fingerprint density at radius 2 is 1.89 bits per heavy atom. The average molecular weight is 493 g/mol. The number of fused-ring (bicyclic) bond motifs is 3. The van der Waals surface area contributed by atoms with Gasteiger partial charge in [-0.15, -0.1) is 0 Å². The molecule has 1 saturated heterocycles. The molecule has 2 aromatic heterocycles. The summed E-state index contributed by atoms with van der Waals surface area (Å²) in [5.41, 5.74) is 2.12. The molecule has 2 aromatic carbocycles. The lowest BCUT2D eigenvalue weighted by molar-refractivity contribution is -0.135. The highest BCUT2D eigenvalue weighted by Gasteiger charge is 2.28. The maximum atomic E-state index is 13.9. The molecule has 3 heterocycles. The van der Waals surface area contributed by atoms with Gasteiger partial charge in [0.2, 0.25) is 5.91 Å². The summed E-state index contributed by atoms with van der Waals surface area (Å²) < 4.78 is 4.41. The van der Waals surface area contributed by atoms with Crippen molar-refractivity contribution in [3.63, 3.8) is 0 Å². The zero-order chi connectivity index (χ0) is 24.9. The number of aromatic nitrogens is 3. The highest BCUT2D eigenvalue weighted by atomic mass is 35.5. The van der Waals surface area contributed by atoms with Gasteiger partial charge in [0.1, 0.15) is 12.1 Å². The Labute approximate surface area is 208 Å². The lowest BCUT2D eigenvalue weighted by Gasteiger charge is -2.35. The molecule has 182 valence electrons. The van der Waals surface area contributed by atoms with Crippen molar-refractivity contribution in [2.75, 3.05) is 6.54 Å². The molecule has 7 nitrogen and oxygen atoms in total. The van der Waals surface area contributed by atoms with Crippen LogP contribution in [0.2, 0.25) is 5.02 Å². The minimum atomic E-state index is -0.544. The second kappa shape index (κ2) is 9.04. The van der Waals surface area contributed by atoms with E-state index in [1.54, 1.807) is 24.3 Å². The molecule has 1 atom stereocenters. The lowest BCUT2D eigenvalue weighted by atomic mass is 10.00. The van der Waals surface area contributed by atoms with Crippen LogP contribution >= 0.6 is 11.6 Å². The first kappa shape index (κ1) is 23.4. The molecule has 0 saturated carbocycles. The van der Waals surface area contributed by atoms with Crippen LogP contribution in [0.15, 0.2) is 52.1 Å². The molecule has 1 aliphatic heterocycles. The van der Waals surface area contributed by atoms with Crippen molar-refractivity contribution in [1.82, 2.24) is 18.6 Å². The van der Waals surface area contributed by atoms with Gasteiger partial charge >= 0.3 is 5.69 Å². The highest BCUT2D eigenvalue weighted by molar-refractivity contribution is 6.30. The largest absolute Gasteiger partial charge is 0.338 e. The van der Waals surface area contributed by atoms with Crippen LogP contribution in [0.1, 0.15) is 38.2 Å². The first-order valence-electron chi connectivity index (χ1n) is 12.1. The number of carbonyl (C=O) groups is 1. The Kier molecular flexibility index (Phi) is 6.05. The van der Waals surface area contributed by atoms with E-state index in [0.29, 0.717) is 28.3 Å². The van der Waals surface area contributed by atoms with Crippen molar-refractivity contribution >= 4 is 39.4 Å². The van der Waals surface area contributed by atoms with Crippen LogP contribution in [0.25, 0.3) is 27.6 Å². The molecular formula is C27H29ClN4O3. The number of nitrogens with zero attached hydrogens (tertiary/aromatic N) is 4. The van der Waals surface area contributed by atoms with Gasteiger partial charge in [0.05, 0.1) is 16.7 Å². The molecule has 0 N–H and O–H groups in total. The van der Waals surface area contributed by atoms with Gasteiger partial charge in [0, 0.05) is 30.0 Å². The van der Waals surface area contributed by atoms with Crippen molar-refractivity contribution in [2.24, 2.45) is 7.05 Å². The Bertz CT molecular complexity index is 1580. The molecule has 8 heteroatoms. The number of benzene rings is 2. The van der Waals surface area contributed by atoms with E-state index in [4.69, 9.17) is 11.6 Å². The maximum Gasteiger partial charge on any atom is 0.336 e. The molecule has 1 aliphatic rings. The summed E-state index contributed by atoms with van der Waals surface area (Å²) in [6.07, 6.45) is 3.92. The number of carbonyl (C=O) groups excluding carboxylic acids is 1. The quantitative estimate of drug-likeness (QED) is 0.424. The number of aryl methyl sites for hydroxylation is 2. The van der Waals surface area contributed by atoms with E-state index < -0.39 is 11.2 Å². The molecule has 0 aliphatic carbocycles. The molecule has 4 aromatic rings. The summed E-state index contributed by atoms with van der Waals surface area (Å²) in [6.45, 7) is 4.63. The predicted octanol–water partition coefficient (Wildman–Crippen LogP) is 4.40. The van der Waals surface area contributed by atoms with Gasteiger partial charge in [-0.2, -0.15) is 0 Å². The monoisotopic (exact) mass is 492 g/mol. The fourth-order valence-electron chi connectivity index (χ4n) is 5.44. The van der Waals surface area contributed by atoms with Gasteiger partial charge in [-0.3, -0.25) is 14.2 Å². The van der Waals surface area contributed by atoms with Crippen LogP contribution in [-0.4, -0.2) is 37.1 Å². The van der Waals surface area contributed by atoms with Crippen molar-refractivity contribution in [3.05, 3.63) is 73.9 Å². The fraction of sp³-hybridized carbons (Fsp3) is 0.370. The van der Waals surface area contributed by atoms with E-state index >= 15 is 0 Å². The van der Waals surface area contributed by atoms with Gasteiger partial charge in [-0.05, 0) is 62.9 Å². The number of rotatable bonds is 4. The summed E-state index contributed by atoms with van der Waals surface area (Å²) in [5.74, 6) is -0.0964. The number of amides is 1. The minimum Gasteiger partial charge on any atom is -0.338 e. The van der Waals surface area contributed by atoms with Crippen LogP contribution in [0.4, 0.5) is 0 Å². The van der Waals surface area contributed by atoms with Crippen molar-refractivity contribution in [1.29, 1.82) is 0 Å². The zero-order valence-corrected chi connectivity index (χ0v) is 21.0. The molecule has 5 rings (SSSR count). The van der Waals surface area contributed by atoms with E-state index in [0.717, 1.165) is 46.7 Å². The van der Waals surface area contributed by atoms with Crippen molar-refractivity contribution < 1.29 is 4.79 Å². The van der Waals surface area contributed by atoms with Crippen LogP contribution in [-0.2, 0) is 18.4 Å². The fourth-order valence-corrected chi connectivity index (χ4v) is 5.62. The first-order valence-corrected chi connectivity index (χ1v) is 12.5. The molecule has 0 radical (unpaired) electrons. The highest BCUT2D eigenvalue weighted by Crippen LogP contribution is 2.27. The van der Waals surface area contributed by atoms with Crippen molar-refractivity contribution in [3.8, 4) is 5.69 Å². The number of hydrogen-bond donors (Lipinski definition) is 0. The standard InChI is InChI=1S/C27H29ClN4O3/c1-4-19-9-5-6-13-30(19)23(33)16-31-24-21-14-17(2)11-12-22(21)29(3)25(24)26(34)32(27(31)35)20-10-7-8-18(28)15-20/h7-8,10-12,14-15,19H,4-6,9,13,16H2,1-3H3/t19-/m1/s1. The maximum absolute atomic E-state index is 13.9. The van der Waals surface area contributed by atoms with Crippen molar-refractivity contribution in [2.45, 2.75) is 52.1 Å².